The van der Waals surface area contributed by atoms with Crippen LogP contribution in [0.25, 0.3) is 0 Å². The number of aromatic nitrogens is 4. The summed E-state index contributed by atoms with van der Waals surface area (Å²) in [6.07, 6.45) is -0.677. The number of benzene rings is 2. The molecule has 214 valence electrons. The second kappa shape index (κ2) is 12.1. The number of nitrogens with zero attached hydrogens (tertiary/aromatic N) is 6. The lowest BCUT2D eigenvalue weighted by atomic mass is 10.00. The molecule has 4 aromatic rings. The van der Waals surface area contributed by atoms with Crippen molar-refractivity contribution in [3.63, 3.8) is 0 Å². The summed E-state index contributed by atoms with van der Waals surface area (Å²) in [4.78, 5) is 43.8. The van der Waals surface area contributed by atoms with Crippen LogP contribution in [0, 0.1) is 0 Å². The molecule has 13 heteroatoms. The first-order valence-corrected chi connectivity index (χ1v) is 16.0. The minimum absolute atomic E-state index is 0.217. The lowest BCUT2D eigenvalue weighted by Crippen LogP contribution is -2.71. The van der Waals surface area contributed by atoms with E-state index in [9.17, 15) is 14.4 Å². The first kappa shape index (κ1) is 28.2. The second-order valence-electron chi connectivity index (χ2n) is 9.63. The van der Waals surface area contributed by atoms with E-state index in [-0.39, 0.29) is 17.5 Å². The van der Waals surface area contributed by atoms with E-state index >= 15 is 0 Å². The van der Waals surface area contributed by atoms with E-state index in [1.54, 1.807) is 11.7 Å². The molecule has 0 bridgehead atoms. The molecule has 2 amide bonds. The third-order valence-electron chi connectivity index (χ3n) is 6.96. The number of β-lactam (4-membered cyclic amide) rings is 1. The summed E-state index contributed by atoms with van der Waals surface area (Å²) < 4.78 is 7.79. The predicted molar refractivity (Wildman–Crippen MR) is 162 cm³/mol. The molecule has 2 aromatic heterocycles. The normalized spacial score (nSPS) is 18.1. The van der Waals surface area contributed by atoms with E-state index in [1.165, 1.54) is 51.6 Å². The summed E-state index contributed by atoms with van der Waals surface area (Å²) in [5, 5.41) is 14.3. The van der Waals surface area contributed by atoms with Gasteiger partial charge < -0.3 is 4.74 Å². The molecule has 2 aliphatic heterocycles. The van der Waals surface area contributed by atoms with Crippen molar-refractivity contribution in [1.29, 1.82) is 0 Å². The highest BCUT2D eigenvalue weighted by molar-refractivity contribution is 8.01. The molecule has 0 aliphatic carbocycles. The van der Waals surface area contributed by atoms with Crippen LogP contribution >= 0.6 is 34.9 Å². The number of tetrazole rings is 1. The van der Waals surface area contributed by atoms with Gasteiger partial charge in [-0.2, -0.15) is 0 Å². The van der Waals surface area contributed by atoms with Crippen molar-refractivity contribution < 1.29 is 19.1 Å². The number of thioether (sulfide) groups is 2. The largest absolute Gasteiger partial charge is 0.448 e. The molecule has 0 N–H and O–H groups in total. The number of aryl methyl sites for hydroxylation is 1. The van der Waals surface area contributed by atoms with Crippen LogP contribution in [0.15, 0.2) is 94.6 Å². The summed E-state index contributed by atoms with van der Waals surface area (Å²) in [6.45, 7) is 1.45. The summed E-state index contributed by atoms with van der Waals surface area (Å²) in [5.41, 5.74) is 2.59. The Bertz CT molecular complexity index is 1590. The molecule has 0 spiro atoms. The summed E-state index contributed by atoms with van der Waals surface area (Å²) >= 11 is 4.30. The van der Waals surface area contributed by atoms with Crippen molar-refractivity contribution in [2.75, 3.05) is 16.4 Å². The average molecular weight is 619 g/mol. The zero-order valence-electron chi connectivity index (χ0n) is 22.7. The quantitative estimate of drug-likeness (QED) is 0.154. The zero-order chi connectivity index (χ0) is 29.2. The van der Waals surface area contributed by atoms with Crippen LogP contribution in [-0.2, 0) is 26.2 Å². The Balaban J connectivity index is 1.35. The van der Waals surface area contributed by atoms with Gasteiger partial charge in [-0.25, -0.2) is 9.48 Å². The van der Waals surface area contributed by atoms with E-state index in [0.717, 1.165) is 16.7 Å². The number of carbonyl (C=O) groups is 3. The molecular formula is C29H26N6O4S3. The summed E-state index contributed by atoms with van der Waals surface area (Å²) in [6, 6.07) is 22.0. The number of esters is 1. The summed E-state index contributed by atoms with van der Waals surface area (Å²) in [5.74, 6) is -0.280. The maximum Gasteiger partial charge on any atom is 0.356 e. The Morgan fingerprint density at radius 3 is 2.33 bits per heavy atom. The van der Waals surface area contributed by atoms with Crippen LogP contribution in [0.2, 0.25) is 0 Å². The van der Waals surface area contributed by atoms with Gasteiger partial charge in [0.2, 0.25) is 11.1 Å². The fourth-order valence-electron chi connectivity index (χ4n) is 5.00. The molecule has 10 nitrogen and oxygen atoms in total. The Morgan fingerprint density at radius 2 is 1.76 bits per heavy atom. The molecule has 0 radical (unpaired) electrons. The monoisotopic (exact) mass is 618 g/mol. The standard InChI is InChI=1S/C29H26N6O4S3/c1-18(36)34(22-14-9-15-40-22)24-26(37)35-23(21(16-41-27(24)35)17-42-29-30-31-32-33(29)2)28(38)39-25(19-10-5-3-6-11-19)20-12-7-4-8-13-20/h3-15,24-25,27H,16-17H2,1-2H3/t24-,27-/m1/s1. The lowest BCUT2D eigenvalue weighted by molar-refractivity contribution is -0.153. The number of anilines is 1. The van der Waals surface area contributed by atoms with Gasteiger partial charge in [-0.3, -0.25) is 19.4 Å². The molecule has 0 saturated carbocycles. The Labute approximate surface area is 254 Å². The Hall–Kier alpha value is -3.94. The van der Waals surface area contributed by atoms with Gasteiger partial charge in [0.1, 0.15) is 17.1 Å². The minimum Gasteiger partial charge on any atom is -0.448 e. The minimum atomic E-state index is -0.717. The maximum atomic E-state index is 14.2. The molecule has 1 saturated heterocycles. The number of hydrogen-bond acceptors (Lipinski definition) is 10. The average Bonchev–Trinajstić information content (AvgIpc) is 3.69. The van der Waals surface area contributed by atoms with Gasteiger partial charge in [-0.15, -0.1) is 28.2 Å². The number of carbonyl (C=O) groups excluding carboxylic acids is 3. The maximum absolute atomic E-state index is 14.2. The predicted octanol–water partition coefficient (Wildman–Crippen LogP) is 4.29. The van der Waals surface area contributed by atoms with Crippen molar-refractivity contribution in [2.24, 2.45) is 7.05 Å². The SMILES string of the molecule is CC(=O)N(c1cccs1)[C@@H]1C(=O)N2C(C(=O)OC(c3ccccc3)c3ccccc3)=C(CSc3nnnn3C)CS[C@H]12. The number of hydrogen-bond donors (Lipinski definition) is 0. The van der Waals surface area contributed by atoms with Gasteiger partial charge in [0.25, 0.3) is 5.91 Å². The number of ether oxygens (including phenoxy) is 1. The molecule has 42 heavy (non-hydrogen) atoms. The van der Waals surface area contributed by atoms with Crippen LogP contribution < -0.4 is 4.90 Å². The fraction of sp³-hybridized carbons (Fsp3) is 0.241. The third kappa shape index (κ3) is 5.35. The Kier molecular flexibility index (Phi) is 8.13. The van der Waals surface area contributed by atoms with Crippen molar-refractivity contribution in [2.45, 2.75) is 29.6 Å². The van der Waals surface area contributed by atoms with E-state index < -0.39 is 23.5 Å². The van der Waals surface area contributed by atoms with Crippen LogP contribution in [0.3, 0.4) is 0 Å². The number of amides is 2. The zero-order valence-corrected chi connectivity index (χ0v) is 25.1. The highest BCUT2D eigenvalue weighted by atomic mass is 32.2. The molecular weight excluding hydrogens is 593 g/mol. The fourth-order valence-corrected chi connectivity index (χ4v) is 8.19. The molecule has 0 unspecified atom stereocenters. The topological polar surface area (TPSA) is 111 Å². The summed E-state index contributed by atoms with van der Waals surface area (Å²) in [7, 11) is 1.74. The molecule has 2 atom stereocenters. The van der Waals surface area contributed by atoms with Crippen molar-refractivity contribution in [3.05, 3.63) is 101 Å². The molecule has 6 rings (SSSR count). The lowest BCUT2D eigenvalue weighted by Gasteiger charge is -2.52. The van der Waals surface area contributed by atoms with Gasteiger partial charge in [0.15, 0.2) is 6.10 Å². The molecule has 1 fully saturated rings. The molecule has 2 aliphatic rings. The highest BCUT2D eigenvalue weighted by Crippen LogP contribution is 2.45. The van der Waals surface area contributed by atoms with Crippen LogP contribution in [0.5, 0.6) is 0 Å². The molecule has 4 heterocycles. The van der Waals surface area contributed by atoms with Gasteiger partial charge in [-0.1, -0.05) is 72.4 Å². The van der Waals surface area contributed by atoms with E-state index in [2.05, 4.69) is 15.5 Å². The van der Waals surface area contributed by atoms with Crippen LogP contribution in [0.1, 0.15) is 24.2 Å². The first-order chi connectivity index (χ1) is 20.4. The van der Waals surface area contributed by atoms with Crippen LogP contribution in [0.4, 0.5) is 5.00 Å². The smallest absolute Gasteiger partial charge is 0.356 e. The van der Waals surface area contributed by atoms with Crippen molar-refractivity contribution in [1.82, 2.24) is 25.1 Å². The first-order valence-electron chi connectivity index (χ1n) is 13.1. The van der Waals surface area contributed by atoms with E-state index in [4.69, 9.17) is 4.74 Å². The second-order valence-corrected chi connectivity index (χ2v) is 12.6. The van der Waals surface area contributed by atoms with Crippen molar-refractivity contribution >= 4 is 57.6 Å². The van der Waals surface area contributed by atoms with Crippen LogP contribution in [-0.4, -0.2) is 65.8 Å². The van der Waals surface area contributed by atoms with Crippen molar-refractivity contribution in [3.8, 4) is 0 Å². The number of fused-ring (bicyclic) bond motifs is 1. The Morgan fingerprint density at radius 1 is 1.07 bits per heavy atom. The van der Waals surface area contributed by atoms with Gasteiger partial charge in [0, 0.05) is 25.5 Å². The van der Waals surface area contributed by atoms with E-state index in [0.29, 0.717) is 21.7 Å². The van der Waals surface area contributed by atoms with Gasteiger partial charge >= 0.3 is 5.97 Å². The van der Waals surface area contributed by atoms with Gasteiger partial charge in [0.05, 0.1) is 5.00 Å². The number of thiophene rings is 1. The van der Waals surface area contributed by atoms with Gasteiger partial charge in [-0.05, 0) is 44.6 Å². The van der Waals surface area contributed by atoms with E-state index in [1.807, 2.05) is 78.2 Å². The number of rotatable bonds is 9. The third-order valence-corrected chi connectivity index (χ3v) is 10.2. The molecule has 2 aromatic carbocycles. The highest BCUT2D eigenvalue weighted by Gasteiger charge is 2.57.